The van der Waals surface area contributed by atoms with Gasteiger partial charge in [-0.25, -0.2) is 0 Å². The van der Waals surface area contributed by atoms with Crippen LogP contribution >= 0.6 is 11.6 Å². The van der Waals surface area contributed by atoms with Gasteiger partial charge in [-0.2, -0.15) is 0 Å². The van der Waals surface area contributed by atoms with E-state index in [4.69, 9.17) is 11.6 Å². The first-order chi connectivity index (χ1) is 13.7. The Morgan fingerprint density at radius 2 is 1.69 bits per heavy atom. The quantitative estimate of drug-likeness (QED) is 0.730. The van der Waals surface area contributed by atoms with E-state index in [-0.39, 0.29) is 23.8 Å². The number of likely N-dealkylation sites (tertiary alicyclic amines) is 1. The number of nitrogens with one attached hydrogen (secondary N) is 2. The lowest BCUT2D eigenvalue weighted by molar-refractivity contribution is -0.114. The minimum absolute atomic E-state index is 0.0503. The number of carbonyl (C=O) groups is 2. The van der Waals surface area contributed by atoms with Crippen LogP contribution < -0.4 is 10.6 Å². The zero-order valence-corrected chi connectivity index (χ0v) is 18.0. The summed E-state index contributed by atoms with van der Waals surface area (Å²) in [6, 6.07) is 13.0. The normalized spacial score (nSPS) is 14.0. The lowest BCUT2D eigenvalue weighted by atomic mass is 9.87. The van der Waals surface area contributed by atoms with Gasteiger partial charge in [-0.15, -0.1) is 0 Å². The molecule has 1 aliphatic heterocycles. The maximum Gasteiger partial charge on any atom is 0.256 e. The maximum absolute atomic E-state index is 12.8. The molecule has 2 aromatic rings. The van der Waals surface area contributed by atoms with E-state index in [2.05, 4.69) is 31.4 Å². The summed E-state index contributed by atoms with van der Waals surface area (Å²) in [6.07, 6.45) is 2.04. The van der Waals surface area contributed by atoms with E-state index in [9.17, 15) is 9.59 Å². The molecule has 29 heavy (non-hydrogen) atoms. The van der Waals surface area contributed by atoms with Crippen molar-refractivity contribution in [3.63, 3.8) is 0 Å². The third kappa shape index (κ3) is 5.51. The molecule has 2 aromatic carbocycles. The highest BCUT2D eigenvalue weighted by atomic mass is 35.5. The third-order valence-electron chi connectivity index (χ3n) is 5.08. The maximum atomic E-state index is 12.8. The van der Waals surface area contributed by atoms with Crippen molar-refractivity contribution in [1.82, 2.24) is 4.90 Å². The summed E-state index contributed by atoms with van der Waals surface area (Å²) in [6.45, 7) is 8.03. The first kappa shape index (κ1) is 21.2. The van der Waals surface area contributed by atoms with Crippen molar-refractivity contribution in [1.29, 1.82) is 0 Å². The molecule has 5 nitrogen and oxygen atoms in total. The Labute approximate surface area is 177 Å². The highest BCUT2D eigenvalue weighted by Gasteiger charge is 2.22. The Hall–Kier alpha value is -2.53. The van der Waals surface area contributed by atoms with Crippen LogP contribution in [-0.2, 0) is 10.2 Å². The summed E-state index contributed by atoms with van der Waals surface area (Å²) in [5.74, 6) is -0.228. The van der Waals surface area contributed by atoms with E-state index in [1.807, 2.05) is 29.2 Å². The van der Waals surface area contributed by atoms with Crippen LogP contribution in [0.15, 0.2) is 42.5 Å². The summed E-state index contributed by atoms with van der Waals surface area (Å²) < 4.78 is 0. The zero-order chi connectivity index (χ0) is 21.0. The molecule has 0 saturated carbocycles. The monoisotopic (exact) mass is 413 g/mol. The second-order valence-electron chi connectivity index (χ2n) is 8.42. The van der Waals surface area contributed by atoms with Crippen LogP contribution in [0.3, 0.4) is 0 Å². The fourth-order valence-electron chi connectivity index (χ4n) is 3.37. The van der Waals surface area contributed by atoms with Gasteiger partial charge in [-0.1, -0.05) is 44.5 Å². The zero-order valence-electron chi connectivity index (χ0n) is 17.2. The van der Waals surface area contributed by atoms with Crippen LogP contribution in [0.2, 0.25) is 5.02 Å². The summed E-state index contributed by atoms with van der Waals surface area (Å²) in [7, 11) is 0. The molecular weight excluding hydrogens is 386 g/mol. The van der Waals surface area contributed by atoms with Crippen molar-refractivity contribution < 1.29 is 9.59 Å². The number of hydrogen-bond acceptors (Lipinski definition) is 3. The largest absolute Gasteiger partial charge is 0.375 e. The van der Waals surface area contributed by atoms with Crippen LogP contribution in [0.4, 0.5) is 11.4 Å². The van der Waals surface area contributed by atoms with E-state index >= 15 is 0 Å². The molecule has 2 amide bonds. The fourth-order valence-corrected chi connectivity index (χ4v) is 3.54. The molecule has 1 heterocycles. The molecule has 1 fully saturated rings. The smallest absolute Gasteiger partial charge is 0.256 e. The van der Waals surface area contributed by atoms with Gasteiger partial charge in [-0.3, -0.25) is 9.59 Å². The van der Waals surface area contributed by atoms with Gasteiger partial charge in [0.25, 0.3) is 5.91 Å². The van der Waals surface area contributed by atoms with Gasteiger partial charge in [0.05, 0.1) is 12.1 Å². The molecule has 0 atom stereocenters. The topological polar surface area (TPSA) is 61.4 Å². The van der Waals surface area contributed by atoms with Crippen molar-refractivity contribution in [2.45, 2.75) is 39.0 Å². The van der Waals surface area contributed by atoms with Crippen molar-refractivity contribution in [2.24, 2.45) is 0 Å². The highest BCUT2D eigenvalue weighted by Crippen LogP contribution is 2.25. The lowest BCUT2D eigenvalue weighted by Gasteiger charge is -2.19. The Balaban J connectivity index is 1.63. The SMILES string of the molecule is CC(C)(C)c1ccc(NC(=O)CNc2ccc(Cl)cc2C(=O)N2CCCC2)cc1. The van der Waals surface area contributed by atoms with Gasteiger partial charge in [0.2, 0.25) is 5.91 Å². The summed E-state index contributed by atoms with van der Waals surface area (Å²) in [5, 5.41) is 6.47. The van der Waals surface area contributed by atoms with E-state index in [0.29, 0.717) is 16.3 Å². The number of carbonyl (C=O) groups excluding carboxylic acids is 2. The van der Waals surface area contributed by atoms with E-state index in [1.54, 1.807) is 18.2 Å². The standard InChI is InChI=1S/C23H28ClN3O2/c1-23(2,3)16-6-9-18(10-7-16)26-21(28)15-25-20-11-8-17(24)14-19(20)22(29)27-12-4-5-13-27/h6-11,14,25H,4-5,12-13,15H2,1-3H3,(H,26,28). The van der Waals surface area contributed by atoms with Gasteiger partial charge in [0, 0.05) is 29.5 Å². The van der Waals surface area contributed by atoms with Crippen molar-refractivity contribution in [2.75, 3.05) is 30.3 Å². The molecule has 1 saturated heterocycles. The average Bonchev–Trinajstić information content (AvgIpc) is 3.21. The number of anilines is 2. The van der Waals surface area contributed by atoms with Crippen LogP contribution in [0.1, 0.15) is 49.5 Å². The van der Waals surface area contributed by atoms with E-state index in [0.717, 1.165) is 31.6 Å². The highest BCUT2D eigenvalue weighted by molar-refractivity contribution is 6.31. The fraction of sp³-hybridized carbons (Fsp3) is 0.391. The molecule has 0 spiro atoms. The van der Waals surface area contributed by atoms with Crippen molar-refractivity contribution >= 4 is 34.8 Å². The molecule has 0 aromatic heterocycles. The Bertz CT molecular complexity index is 882. The Morgan fingerprint density at radius 1 is 1.03 bits per heavy atom. The predicted octanol–water partition coefficient (Wildman–Crippen LogP) is 4.92. The summed E-state index contributed by atoms with van der Waals surface area (Å²) >= 11 is 6.10. The van der Waals surface area contributed by atoms with Crippen LogP contribution in [-0.4, -0.2) is 36.3 Å². The second kappa shape index (κ2) is 8.87. The number of hydrogen-bond donors (Lipinski definition) is 2. The molecule has 0 unspecified atom stereocenters. The van der Waals surface area contributed by atoms with E-state index < -0.39 is 0 Å². The summed E-state index contributed by atoms with van der Waals surface area (Å²) in [5.41, 5.74) is 3.14. The van der Waals surface area contributed by atoms with Crippen LogP contribution in [0.5, 0.6) is 0 Å². The Kier molecular flexibility index (Phi) is 6.48. The minimum Gasteiger partial charge on any atom is -0.375 e. The molecule has 6 heteroatoms. The van der Waals surface area contributed by atoms with Crippen LogP contribution in [0.25, 0.3) is 0 Å². The van der Waals surface area contributed by atoms with Crippen LogP contribution in [0, 0.1) is 0 Å². The van der Waals surface area contributed by atoms with Gasteiger partial charge < -0.3 is 15.5 Å². The molecule has 154 valence electrons. The number of amides is 2. The molecule has 0 radical (unpaired) electrons. The number of rotatable bonds is 5. The van der Waals surface area contributed by atoms with Crippen molar-refractivity contribution in [3.05, 3.63) is 58.6 Å². The van der Waals surface area contributed by atoms with Gasteiger partial charge >= 0.3 is 0 Å². The molecule has 3 rings (SSSR count). The van der Waals surface area contributed by atoms with Gasteiger partial charge in [-0.05, 0) is 54.2 Å². The van der Waals surface area contributed by atoms with E-state index in [1.165, 1.54) is 5.56 Å². The number of benzene rings is 2. The summed E-state index contributed by atoms with van der Waals surface area (Å²) in [4.78, 5) is 27.0. The average molecular weight is 414 g/mol. The minimum atomic E-state index is -0.178. The first-order valence-electron chi connectivity index (χ1n) is 9.97. The molecule has 0 aliphatic carbocycles. The number of nitrogens with zero attached hydrogens (tertiary/aromatic N) is 1. The molecule has 2 N–H and O–H groups in total. The van der Waals surface area contributed by atoms with Gasteiger partial charge in [0.15, 0.2) is 0 Å². The van der Waals surface area contributed by atoms with Crippen molar-refractivity contribution in [3.8, 4) is 0 Å². The Morgan fingerprint density at radius 3 is 2.31 bits per heavy atom. The predicted molar refractivity (Wildman–Crippen MR) is 119 cm³/mol. The molecule has 0 bridgehead atoms. The third-order valence-corrected chi connectivity index (χ3v) is 5.31. The molecule has 1 aliphatic rings. The number of halogens is 1. The molecular formula is C23H28ClN3O2. The first-order valence-corrected chi connectivity index (χ1v) is 10.3. The van der Waals surface area contributed by atoms with Gasteiger partial charge in [0.1, 0.15) is 0 Å². The second-order valence-corrected chi connectivity index (χ2v) is 8.85. The lowest BCUT2D eigenvalue weighted by Crippen LogP contribution is -2.29.